The Morgan fingerprint density at radius 1 is 0.962 bits per heavy atom. The molecule has 272 valence electrons. The molecule has 4 heterocycles. The Hall–Kier alpha value is -4.65. The number of anilines is 1. The Labute approximate surface area is 309 Å². The predicted octanol–water partition coefficient (Wildman–Crippen LogP) is 8.00. The van der Waals surface area contributed by atoms with E-state index in [9.17, 15) is 18.4 Å². The highest BCUT2D eigenvalue weighted by atomic mass is 35.5. The Bertz CT molecular complexity index is 1940. The molecule has 0 N–H and O–H groups in total. The number of pyridine rings is 1. The number of carbonyl (C=O) groups is 2. The number of nitrogens with zero attached hydrogens (tertiary/aromatic N) is 3. The third-order valence-electron chi connectivity index (χ3n) is 10.1. The second-order valence-electron chi connectivity index (χ2n) is 13.0. The number of halogens is 4. The third-order valence-corrected chi connectivity index (χ3v) is 10.7. The number of aromatic nitrogens is 1. The average molecular weight is 755 g/mol. The van der Waals surface area contributed by atoms with Gasteiger partial charge in [0.1, 0.15) is 17.5 Å². The maximum Gasteiger partial charge on any atom is 0.415 e. The molecular weight excluding hydrogens is 719 g/mol. The molecule has 3 aromatic carbocycles. The van der Waals surface area contributed by atoms with E-state index in [1.54, 1.807) is 48.4 Å². The van der Waals surface area contributed by atoms with Crippen LogP contribution in [0.4, 0.5) is 19.3 Å². The molecule has 52 heavy (non-hydrogen) atoms. The second kappa shape index (κ2) is 14.8. The molecule has 4 fully saturated rings. The van der Waals surface area contributed by atoms with Crippen molar-refractivity contribution in [3.05, 3.63) is 111 Å². The molecule has 4 bridgehead atoms. The molecule has 3 saturated heterocycles. The maximum atomic E-state index is 13.9. The van der Waals surface area contributed by atoms with Crippen LogP contribution in [0.2, 0.25) is 10.0 Å². The van der Waals surface area contributed by atoms with Gasteiger partial charge in [0.05, 0.1) is 42.1 Å². The van der Waals surface area contributed by atoms with Crippen LogP contribution in [0.1, 0.15) is 39.6 Å². The predicted molar refractivity (Wildman–Crippen MR) is 189 cm³/mol. The molecule has 1 saturated carbocycles. The summed E-state index contributed by atoms with van der Waals surface area (Å²) in [5.74, 6) is 0.448. The Morgan fingerprint density at radius 2 is 1.69 bits per heavy atom. The smallest absolute Gasteiger partial charge is 0.415 e. The summed E-state index contributed by atoms with van der Waals surface area (Å²) >= 11 is 12.8. The van der Waals surface area contributed by atoms with Crippen LogP contribution in [0.25, 0.3) is 0 Å². The fourth-order valence-corrected chi connectivity index (χ4v) is 7.99. The zero-order valence-electron chi connectivity index (χ0n) is 28.3. The summed E-state index contributed by atoms with van der Waals surface area (Å²) in [6.07, 6.45) is 2.48. The number of rotatable bonds is 13. The zero-order chi connectivity index (χ0) is 36.6. The van der Waals surface area contributed by atoms with Gasteiger partial charge in [0.15, 0.2) is 11.5 Å². The quantitative estimate of drug-likeness (QED) is 0.126. The van der Waals surface area contributed by atoms with Crippen molar-refractivity contribution in [3.8, 4) is 17.2 Å². The lowest BCUT2D eigenvalue weighted by Crippen LogP contribution is -2.42. The van der Waals surface area contributed by atoms with E-state index in [2.05, 4.69) is 14.6 Å². The average Bonchev–Trinajstić information content (AvgIpc) is 3.63. The Morgan fingerprint density at radius 3 is 2.33 bits per heavy atom. The number of hydrogen-bond donors (Lipinski definition) is 0. The van der Waals surface area contributed by atoms with Crippen LogP contribution in [0.5, 0.6) is 17.2 Å². The first kappa shape index (κ1) is 35.7. The van der Waals surface area contributed by atoms with Crippen molar-refractivity contribution in [2.24, 2.45) is 11.8 Å². The minimum Gasteiger partial charge on any atom is -0.495 e. The highest BCUT2D eigenvalue weighted by molar-refractivity contribution is 6.35. The van der Waals surface area contributed by atoms with Gasteiger partial charge in [-0.3, -0.25) is 14.8 Å². The van der Waals surface area contributed by atoms with Crippen LogP contribution in [0.15, 0.2) is 79.1 Å². The lowest BCUT2D eigenvalue weighted by Gasteiger charge is -2.31. The van der Waals surface area contributed by atoms with Crippen molar-refractivity contribution in [2.75, 3.05) is 38.8 Å². The summed E-state index contributed by atoms with van der Waals surface area (Å²) < 4.78 is 53.7. The number of hydrogen-bond acceptors (Lipinski definition) is 9. The third kappa shape index (κ3) is 7.07. The first-order valence-electron chi connectivity index (χ1n) is 16.7. The summed E-state index contributed by atoms with van der Waals surface area (Å²) in [5, 5.41) is 0.519. The molecular formula is C38H35Cl2F2N3O7. The molecule has 3 unspecified atom stereocenters. The Kier molecular flexibility index (Phi) is 10.1. The molecule has 0 radical (unpaired) electrons. The maximum absolute atomic E-state index is 13.9. The van der Waals surface area contributed by atoms with Crippen molar-refractivity contribution in [2.45, 2.75) is 37.7 Å². The van der Waals surface area contributed by atoms with Gasteiger partial charge in [-0.05, 0) is 66.1 Å². The monoisotopic (exact) mass is 753 g/mol. The fraction of sp³-hybridized carbons (Fsp3) is 0.342. The van der Waals surface area contributed by atoms with E-state index in [1.165, 1.54) is 37.7 Å². The van der Waals surface area contributed by atoms with E-state index in [-0.39, 0.29) is 40.1 Å². The number of benzene rings is 3. The van der Waals surface area contributed by atoms with Gasteiger partial charge in [0.25, 0.3) is 0 Å². The molecule has 5 atom stereocenters. The van der Waals surface area contributed by atoms with Crippen molar-refractivity contribution in [1.82, 2.24) is 9.88 Å². The number of carbonyl (C=O) groups excluding carboxylic acids is 2. The van der Waals surface area contributed by atoms with Crippen molar-refractivity contribution < 1.29 is 42.1 Å². The zero-order valence-corrected chi connectivity index (χ0v) is 29.8. The number of alkyl halides is 2. The number of para-hydroxylation sites is 2. The van der Waals surface area contributed by atoms with E-state index in [1.807, 2.05) is 12.1 Å². The van der Waals surface area contributed by atoms with E-state index in [0.717, 1.165) is 31.6 Å². The lowest BCUT2D eigenvalue weighted by molar-refractivity contribution is -0.0512. The fourth-order valence-electron chi connectivity index (χ4n) is 7.47. The SMILES string of the molecule is COc1cc([C@H](Cc2c(Cl)cncc2Cl)OC(=O)c2ccc(CN(C(=O)O[C@]34CN5CCC3C4C5)c3ccccc3OC)cc2)ccc1OC(F)F. The van der Waals surface area contributed by atoms with Gasteiger partial charge >= 0.3 is 18.7 Å². The van der Waals surface area contributed by atoms with Gasteiger partial charge in [0, 0.05) is 43.7 Å². The molecule has 3 aliphatic heterocycles. The number of fused-ring (bicyclic) bond motifs is 1. The minimum atomic E-state index is -3.07. The number of esters is 1. The highest BCUT2D eigenvalue weighted by Gasteiger charge is 2.74. The largest absolute Gasteiger partial charge is 0.495 e. The summed E-state index contributed by atoms with van der Waals surface area (Å²) in [5.41, 5.74) is 1.97. The molecule has 10 nitrogen and oxygen atoms in total. The number of ether oxygens (including phenoxy) is 5. The number of amides is 1. The number of piperidine rings is 3. The van der Waals surface area contributed by atoms with Crippen LogP contribution in [-0.4, -0.2) is 68.0 Å². The highest BCUT2D eigenvalue weighted by Crippen LogP contribution is 2.63. The summed E-state index contributed by atoms with van der Waals surface area (Å²) in [7, 11) is 2.86. The van der Waals surface area contributed by atoms with Crippen LogP contribution >= 0.6 is 23.2 Å². The molecule has 1 amide bonds. The summed E-state index contributed by atoms with van der Waals surface area (Å²) in [6, 6.07) is 18.2. The second-order valence-corrected chi connectivity index (χ2v) is 13.8. The Balaban J connectivity index is 1.12. The van der Waals surface area contributed by atoms with Gasteiger partial charge in [-0.2, -0.15) is 8.78 Å². The van der Waals surface area contributed by atoms with Crippen molar-refractivity contribution in [3.63, 3.8) is 0 Å². The summed E-state index contributed by atoms with van der Waals surface area (Å²) in [4.78, 5) is 35.4. The normalized spacial score (nSPS) is 21.6. The molecule has 4 aliphatic rings. The molecule has 8 rings (SSSR count). The van der Waals surface area contributed by atoms with Crippen LogP contribution in [0.3, 0.4) is 0 Å². The van der Waals surface area contributed by atoms with E-state index >= 15 is 0 Å². The van der Waals surface area contributed by atoms with Crippen molar-refractivity contribution in [1.29, 1.82) is 0 Å². The van der Waals surface area contributed by atoms with Gasteiger partial charge in [-0.15, -0.1) is 0 Å². The van der Waals surface area contributed by atoms with E-state index in [0.29, 0.717) is 34.4 Å². The first-order valence-corrected chi connectivity index (χ1v) is 17.4. The molecule has 1 aromatic heterocycles. The summed E-state index contributed by atoms with van der Waals surface area (Å²) in [6.45, 7) is -0.165. The van der Waals surface area contributed by atoms with Crippen LogP contribution in [0, 0.1) is 11.8 Å². The minimum absolute atomic E-state index is 0.0167. The molecule has 1 aliphatic carbocycles. The first-order chi connectivity index (χ1) is 25.1. The molecule has 0 spiro atoms. The van der Waals surface area contributed by atoms with Crippen molar-refractivity contribution >= 4 is 41.0 Å². The van der Waals surface area contributed by atoms with E-state index in [4.69, 9.17) is 42.1 Å². The molecule has 4 aromatic rings. The van der Waals surface area contributed by atoms with Gasteiger partial charge < -0.3 is 23.7 Å². The van der Waals surface area contributed by atoms with Gasteiger partial charge in [-0.1, -0.05) is 53.5 Å². The topological polar surface area (TPSA) is 99.7 Å². The van der Waals surface area contributed by atoms with Gasteiger partial charge in [-0.25, -0.2) is 9.59 Å². The molecule has 14 heteroatoms. The number of methoxy groups -OCH3 is 2. The van der Waals surface area contributed by atoms with Crippen LogP contribution in [-0.2, 0) is 22.4 Å². The standard InChI is InChI=1S/C38H35Cl2F2N3O7/c1-48-31-6-4-3-5-30(31)45(37(47)52-38-21-44-14-13-26(38)27(38)20-44)19-22-7-9-23(10-8-22)35(46)50-33(16-25-28(39)17-43-18-29(25)40)24-11-12-32(51-36(41)42)34(15-24)49-2/h3-12,15,17-18,26-27,33,36H,13-14,16,19-21H2,1-2H3/t26?,27?,33-,38+/m0/s1. The van der Waals surface area contributed by atoms with Crippen LogP contribution < -0.4 is 19.1 Å². The van der Waals surface area contributed by atoms with Gasteiger partial charge in [0.2, 0.25) is 0 Å². The van der Waals surface area contributed by atoms with E-state index < -0.39 is 30.4 Å². The lowest BCUT2D eigenvalue weighted by atomic mass is 10.0.